The smallest absolute Gasteiger partial charge is 0.262 e. The lowest BCUT2D eigenvalue weighted by Crippen LogP contribution is -2.32. The summed E-state index contributed by atoms with van der Waals surface area (Å²) < 4.78 is 7.20. The molecular weight excluding hydrogens is 362 g/mol. The molecule has 0 saturated heterocycles. The van der Waals surface area contributed by atoms with E-state index in [-0.39, 0.29) is 24.1 Å². The van der Waals surface area contributed by atoms with Crippen LogP contribution in [0.15, 0.2) is 34.2 Å². The van der Waals surface area contributed by atoms with E-state index in [0.29, 0.717) is 35.6 Å². The van der Waals surface area contributed by atoms with Crippen molar-refractivity contribution >= 4 is 28.6 Å². The highest BCUT2D eigenvalue weighted by Crippen LogP contribution is 2.22. The summed E-state index contributed by atoms with van der Waals surface area (Å²) in [4.78, 5) is 29.7. The van der Waals surface area contributed by atoms with Crippen molar-refractivity contribution in [1.29, 1.82) is 0 Å². The largest absolute Gasteiger partial charge is 0.379 e. The molecule has 0 radical (unpaired) electrons. The Hall–Kier alpha value is -2.30. The quantitative estimate of drug-likeness (QED) is 0.310. The van der Waals surface area contributed by atoms with Gasteiger partial charge in [0, 0.05) is 13.2 Å². The summed E-state index contributed by atoms with van der Waals surface area (Å²) in [6.07, 6.45) is 6.01. The molecule has 1 atom stereocenters. The molecule has 1 heterocycles. The van der Waals surface area contributed by atoms with Crippen LogP contribution < -0.4 is 10.9 Å². The molecule has 27 heavy (non-hydrogen) atoms. The fourth-order valence-corrected chi connectivity index (χ4v) is 3.43. The van der Waals surface area contributed by atoms with Crippen LogP contribution >= 0.6 is 11.8 Å². The van der Waals surface area contributed by atoms with Crippen LogP contribution in [0.5, 0.6) is 0 Å². The predicted molar refractivity (Wildman–Crippen MR) is 109 cm³/mol. The summed E-state index contributed by atoms with van der Waals surface area (Å²) in [6, 6.07) is 7.23. The molecule has 1 N–H and O–H groups in total. The molecule has 7 heteroatoms. The minimum absolute atomic E-state index is 0.108. The molecule has 1 amide bonds. The maximum atomic E-state index is 12.9. The molecule has 1 aromatic heterocycles. The van der Waals surface area contributed by atoms with Gasteiger partial charge >= 0.3 is 0 Å². The van der Waals surface area contributed by atoms with Crippen LogP contribution in [0.4, 0.5) is 0 Å². The SMILES string of the molecule is C#CCNC(=O)C(C)Sc1nc2ccccc2c(=O)n1CCCOC(C)C. The van der Waals surface area contributed by atoms with Crippen molar-refractivity contribution in [2.24, 2.45) is 0 Å². The van der Waals surface area contributed by atoms with Crippen LogP contribution in [0.25, 0.3) is 10.9 Å². The fraction of sp³-hybridized carbons (Fsp3) is 0.450. The Morgan fingerprint density at radius 2 is 2.11 bits per heavy atom. The zero-order valence-electron chi connectivity index (χ0n) is 15.9. The Balaban J connectivity index is 2.28. The van der Waals surface area contributed by atoms with E-state index in [1.165, 1.54) is 11.8 Å². The van der Waals surface area contributed by atoms with E-state index >= 15 is 0 Å². The Morgan fingerprint density at radius 3 is 2.81 bits per heavy atom. The fourth-order valence-electron chi connectivity index (χ4n) is 2.47. The number of fused-ring (bicyclic) bond motifs is 1. The van der Waals surface area contributed by atoms with Gasteiger partial charge in [0.1, 0.15) is 0 Å². The van der Waals surface area contributed by atoms with Crippen LogP contribution in [0, 0.1) is 12.3 Å². The second kappa shape index (κ2) is 10.1. The number of carbonyl (C=O) groups is 1. The van der Waals surface area contributed by atoms with Crippen LogP contribution in [-0.2, 0) is 16.1 Å². The second-order valence-corrected chi connectivity index (χ2v) is 7.63. The summed E-state index contributed by atoms with van der Waals surface area (Å²) in [6.45, 7) is 6.92. The van der Waals surface area contributed by atoms with E-state index in [0.717, 1.165) is 0 Å². The summed E-state index contributed by atoms with van der Waals surface area (Å²) >= 11 is 1.25. The number of thioether (sulfide) groups is 1. The Morgan fingerprint density at radius 1 is 1.37 bits per heavy atom. The van der Waals surface area contributed by atoms with Gasteiger partial charge in [0.2, 0.25) is 5.91 Å². The van der Waals surface area contributed by atoms with Crippen LogP contribution in [0.1, 0.15) is 27.2 Å². The highest BCUT2D eigenvalue weighted by molar-refractivity contribution is 8.00. The Bertz CT molecular complexity index is 886. The molecule has 0 aliphatic rings. The molecule has 0 bridgehead atoms. The first kappa shape index (κ1) is 21.0. The van der Waals surface area contributed by atoms with Gasteiger partial charge in [-0.1, -0.05) is 29.8 Å². The molecule has 0 spiro atoms. The molecule has 0 aliphatic heterocycles. The van der Waals surface area contributed by atoms with Crippen molar-refractivity contribution in [2.75, 3.05) is 13.2 Å². The van der Waals surface area contributed by atoms with Gasteiger partial charge in [-0.25, -0.2) is 4.98 Å². The first-order valence-corrected chi connectivity index (χ1v) is 9.81. The van der Waals surface area contributed by atoms with Gasteiger partial charge in [-0.3, -0.25) is 14.2 Å². The third kappa shape index (κ3) is 5.84. The van der Waals surface area contributed by atoms with E-state index in [2.05, 4.69) is 16.2 Å². The maximum Gasteiger partial charge on any atom is 0.262 e. The van der Waals surface area contributed by atoms with Gasteiger partial charge in [-0.2, -0.15) is 0 Å². The average Bonchev–Trinajstić information content (AvgIpc) is 2.64. The molecule has 2 aromatic rings. The summed E-state index contributed by atoms with van der Waals surface area (Å²) in [7, 11) is 0. The topological polar surface area (TPSA) is 73.2 Å². The van der Waals surface area contributed by atoms with Crippen LogP contribution in [-0.4, -0.2) is 40.0 Å². The molecule has 1 aromatic carbocycles. The molecule has 6 nitrogen and oxygen atoms in total. The number of ether oxygens (including phenoxy) is 1. The number of nitrogens with one attached hydrogen (secondary N) is 1. The van der Waals surface area contributed by atoms with Crippen molar-refractivity contribution in [1.82, 2.24) is 14.9 Å². The van der Waals surface area contributed by atoms with Gasteiger partial charge in [0.15, 0.2) is 5.16 Å². The zero-order valence-corrected chi connectivity index (χ0v) is 16.7. The standard InChI is InChI=1S/C20H25N3O3S/c1-5-11-21-18(24)15(4)27-20-22-17-10-7-6-9-16(17)19(25)23(20)12-8-13-26-14(2)3/h1,6-7,9-10,14-15H,8,11-13H2,2-4H3,(H,21,24). The first-order chi connectivity index (χ1) is 12.9. The normalized spacial score (nSPS) is 12.1. The molecule has 144 valence electrons. The Kier molecular flexibility index (Phi) is 7.89. The van der Waals surface area contributed by atoms with E-state index in [4.69, 9.17) is 11.2 Å². The number of hydrogen-bond acceptors (Lipinski definition) is 5. The molecule has 0 aliphatic carbocycles. The summed E-state index contributed by atoms with van der Waals surface area (Å²) in [5, 5.41) is 3.32. The number of benzene rings is 1. The van der Waals surface area contributed by atoms with Crippen molar-refractivity contribution in [3.63, 3.8) is 0 Å². The van der Waals surface area contributed by atoms with Crippen LogP contribution in [0.3, 0.4) is 0 Å². The van der Waals surface area contributed by atoms with Gasteiger partial charge in [-0.05, 0) is 39.3 Å². The van der Waals surface area contributed by atoms with Crippen molar-refractivity contribution in [3.8, 4) is 12.3 Å². The van der Waals surface area contributed by atoms with Crippen molar-refractivity contribution in [3.05, 3.63) is 34.6 Å². The number of amides is 1. The Labute approximate surface area is 163 Å². The maximum absolute atomic E-state index is 12.9. The second-order valence-electron chi connectivity index (χ2n) is 6.32. The average molecular weight is 388 g/mol. The summed E-state index contributed by atoms with van der Waals surface area (Å²) in [5.41, 5.74) is 0.514. The van der Waals surface area contributed by atoms with E-state index in [9.17, 15) is 9.59 Å². The number of nitrogens with zero attached hydrogens (tertiary/aromatic N) is 2. The number of terminal acetylenes is 1. The number of para-hydroxylation sites is 1. The highest BCUT2D eigenvalue weighted by Gasteiger charge is 2.19. The predicted octanol–water partition coefficient (Wildman–Crippen LogP) is 2.44. The first-order valence-electron chi connectivity index (χ1n) is 8.93. The molecule has 1 unspecified atom stereocenters. The van der Waals surface area contributed by atoms with E-state index < -0.39 is 5.25 Å². The lowest BCUT2D eigenvalue weighted by atomic mass is 10.2. The van der Waals surface area contributed by atoms with Crippen molar-refractivity contribution < 1.29 is 9.53 Å². The van der Waals surface area contributed by atoms with Gasteiger partial charge in [0.25, 0.3) is 5.56 Å². The molecule has 0 fully saturated rings. The van der Waals surface area contributed by atoms with Gasteiger partial charge in [-0.15, -0.1) is 6.42 Å². The minimum atomic E-state index is -0.426. The number of aromatic nitrogens is 2. The van der Waals surface area contributed by atoms with Gasteiger partial charge in [0.05, 0.1) is 28.8 Å². The van der Waals surface area contributed by atoms with E-state index in [1.54, 1.807) is 23.6 Å². The third-order valence-electron chi connectivity index (χ3n) is 3.82. The zero-order chi connectivity index (χ0) is 19.8. The highest BCUT2D eigenvalue weighted by atomic mass is 32.2. The summed E-state index contributed by atoms with van der Waals surface area (Å²) in [5.74, 6) is 2.19. The van der Waals surface area contributed by atoms with Crippen molar-refractivity contribution in [2.45, 2.75) is 50.2 Å². The van der Waals surface area contributed by atoms with Crippen LogP contribution in [0.2, 0.25) is 0 Å². The lowest BCUT2D eigenvalue weighted by Gasteiger charge is -2.16. The third-order valence-corrected chi connectivity index (χ3v) is 4.91. The number of carbonyl (C=O) groups excluding carboxylic acids is 1. The lowest BCUT2D eigenvalue weighted by molar-refractivity contribution is -0.120. The minimum Gasteiger partial charge on any atom is -0.379 e. The monoisotopic (exact) mass is 387 g/mol. The molecule has 0 saturated carbocycles. The number of rotatable bonds is 9. The molecule has 2 rings (SSSR count). The number of hydrogen-bond donors (Lipinski definition) is 1. The van der Waals surface area contributed by atoms with E-state index in [1.807, 2.05) is 26.0 Å². The molecular formula is C20H25N3O3S. The van der Waals surface area contributed by atoms with Gasteiger partial charge < -0.3 is 10.1 Å².